The molecule has 0 spiro atoms. The summed E-state index contributed by atoms with van der Waals surface area (Å²) in [5.41, 5.74) is 1.17. The van der Waals surface area contributed by atoms with E-state index < -0.39 is 22.9 Å². The van der Waals surface area contributed by atoms with Crippen molar-refractivity contribution in [1.82, 2.24) is 5.32 Å². The number of nitro groups is 1. The summed E-state index contributed by atoms with van der Waals surface area (Å²) >= 11 is 0. The quantitative estimate of drug-likeness (QED) is 0.381. The van der Waals surface area contributed by atoms with Crippen molar-refractivity contribution < 1.29 is 24.0 Å². The van der Waals surface area contributed by atoms with E-state index in [1.165, 1.54) is 19.1 Å². The molecule has 0 heterocycles. The number of anilines is 1. The monoisotopic (exact) mass is 415 g/mol. The number of rotatable bonds is 9. The number of amides is 1. The highest BCUT2D eigenvalue weighted by molar-refractivity contribution is 5.93. The second kappa shape index (κ2) is 10.2. The van der Waals surface area contributed by atoms with Gasteiger partial charge in [-0.15, -0.1) is 0 Å². The van der Waals surface area contributed by atoms with Crippen LogP contribution in [-0.4, -0.2) is 50.7 Å². The van der Waals surface area contributed by atoms with Crippen LogP contribution in [0.15, 0.2) is 42.5 Å². The molecule has 0 aliphatic heterocycles. The largest absolute Gasteiger partial charge is 0.497 e. The molecule has 0 aliphatic rings. The highest BCUT2D eigenvalue weighted by Crippen LogP contribution is 2.28. The molecule has 2 aromatic carbocycles. The van der Waals surface area contributed by atoms with E-state index in [9.17, 15) is 19.7 Å². The molecule has 0 saturated carbocycles. The lowest BCUT2D eigenvalue weighted by Crippen LogP contribution is -2.36. The van der Waals surface area contributed by atoms with Gasteiger partial charge in [-0.05, 0) is 43.2 Å². The third-order valence-corrected chi connectivity index (χ3v) is 4.41. The van der Waals surface area contributed by atoms with Crippen molar-refractivity contribution in [3.63, 3.8) is 0 Å². The first-order valence-corrected chi connectivity index (χ1v) is 9.30. The molecule has 0 radical (unpaired) electrons. The van der Waals surface area contributed by atoms with Crippen molar-refractivity contribution in [2.24, 2.45) is 0 Å². The third-order valence-electron chi connectivity index (χ3n) is 4.41. The Morgan fingerprint density at radius 2 is 1.83 bits per heavy atom. The van der Waals surface area contributed by atoms with Crippen LogP contribution in [0.4, 0.5) is 11.4 Å². The summed E-state index contributed by atoms with van der Waals surface area (Å²) in [4.78, 5) is 36.8. The molecule has 0 aliphatic carbocycles. The van der Waals surface area contributed by atoms with Crippen molar-refractivity contribution in [3.05, 3.63) is 63.7 Å². The molecule has 9 heteroatoms. The summed E-state index contributed by atoms with van der Waals surface area (Å²) in [5, 5.41) is 14.0. The van der Waals surface area contributed by atoms with Gasteiger partial charge in [0, 0.05) is 26.7 Å². The molecule has 160 valence electrons. The molecule has 0 bridgehead atoms. The second-order valence-corrected chi connectivity index (χ2v) is 6.79. The van der Waals surface area contributed by atoms with Gasteiger partial charge in [-0.25, -0.2) is 4.79 Å². The number of nitrogens with zero attached hydrogens (tertiary/aromatic N) is 2. The molecule has 2 rings (SSSR count). The van der Waals surface area contributed by atoms with Gasteiger partial charge in [0.1, 0.15) is 11.4 Å². The van der Waals surface area contributed by atoms with Crippen molar-refractivity contribution in [2.75, 3.05) is 32.6 Å². The molecule has 30 heavy (non-hydrogen) atoms. The molecular weight excluding hydrogens is 390 g/mol. The van der Waals surface area contributed by atoms with Crippen LogP contribution >= 0.6 is 0 Å². The van der Waals surface area contributed by atoms with Crippen LogP contribution in [0.3, 0.4) is 0 Å². The highest BCUT2D eigenvalue weighted by atomic mass is 16.6. The number of nitrogens with one attached hydrogen (secondary N) is 1. The van der Waals surface area contributed by atoms with Gasteiger partial charge in [-0.3, -0.25) is 14.9 Å². The van der Waals surface area contributed by atoms with E-state index >= 15 is 0 Å². The summed E-state index contributed by atoms with van der Waals surface area (Å²) in [5.74, 6) is -0.500. The van der Waals surface area contributed by atoms with Crippen LogP contribution in [0.5, 0.6) is 5.75 Å². The number of benzene rings is 2. The maximum atomic E-state index is 12.3. The molecule has 0 fully saturated rings. The van der Waals surface area contributed by atoms with E-state index in [1.807, 2.05) is 24.3 Å². The third kappa shape index (κ3) is 5.94. The summed E-state index contributed by atoms with van der Waals surface area (Å²) in [7, 11) is 4.92. The molecule has 0 unspecified atom stereocenters. The molecule has 0 saturated heterocycles. The summed E-state index contributed by atoms with van der Waals surface area (Å²) < 4.78 is 10.3. The predicted octanol–water partition coefficient (Wildman–Crippen LogP) is 2.57. The predicted molar refractivity (Wildman–Crippen MR) is 112 cm³/mol. The van der Waals surface area contributed by atoms with Gasteiger partial charge in [0.15, 0.2) is 6.10 Å². The first-order chi connectivity index (χ1) is 14.2. The van der Waals surface area contributed by atoms with Crippen molar-refractivity contribution in [1.29, 1.82) is 0 Å². The fourth-order valence-electron chi connectivity index (χ4n) is 2.72. The summed E-state index contributed by atoms with van der Waals surface area (Å²) in [6.45, 7) is 1.82. The Labute approximate surface area is 174 Å². The molecule has 1 atom stereocenters. The molecule has 1 N–H and O–H groups in total. The van der Waals surface area contributed by atoms with Gasteiger partial charge in [-0.1, -0.05) is 12.1 Å². The van der Waals surface area contributed by atoms with Crippen molar-refractivity contribution >= 4 is 23.3 Å². The fourth-order valence-corrected chi connectivity index (χ4v) is 2.72. The number of esters is 1. The van der Waals surface area contributed by atoms with E-state index in [-0.39, 0.29) is 11.3 Å². The molecule has 2 aromatic rings. The lowest BCUT2D eigenvalue weighted by Gasteiger charge is -2.15. The lowest BCUT2D eigenvalue weighted by molar-refractivity contribution is -0.384. The standard InChI is InChI=1S/C21H25N3O6/c1-14(20(25)22-12-11-15-5-8-17(29-4)9-6-15)30-21(26)16-7-10-18(23(2)3)19(13-16)24(27)28/h5-10,13-14H,11-12H2,1-4H3,(H,22,25)/t14-/m0/s1. The van der Waals surface area contributed by atoms with E-state index in [0.29, 0.717) is 18.7 Å². The van der Waals surface area contributed by atoms with Gasteiger partial charge < -0.3 is 19.7 Å². The maximum Gasteiger partial charge on any atom is 0.339 e. The smallest absolute Gasteiger partial charge is 0.339 e. The van der Waals surface area contributed by atoms with E-state index in [0.717, 1.165) is 17.4 Å². The van der Waals surface area contributed by atoms with Gasteiger partial charge >= 0.3 is 5.97 Å². The van der Waals surface area contributed by atoms with Crippen LogP contribution in [-0.2, 0) is 16.0 Å². The zero-order valence-electron chi connectivity index (χ0n) is 17.4. The zero-order chi connectivity index (χ0) is 22.3. The Balaban J connectivity index is 1.91. The Morgan fingerprint density at radius 1 is 1.17 bits per heavy atom. The summed E-state index contributed by atoms with van der Waals surface area (Å²) in [6.07, 6.45) is -0.435. The number of methoxy groups -OCH3 is 1. The minimum atomic E-state index is -1.04. The zero-order valence-corrected chi connectivity index (χ0v) is 17.4. The van der Waals surface area contributed by atoms with E-state index in [4.69, 9.17) is 9.47 Å². The molecule has 1 amide bonds. The Bertz CT molecular complexity index is 911. The summed E-state index contributed by atoms with van der Waals surface area (Å²) in [6, 6.07) is 11.5. The Kier molecular flexibility index (Phi) is 7.74. The van der Waals surface area contributed by atoms with Gasteiger partial charge in [-0.2, -0.15) is 0 Å². The van der Waals surface area contributed by atoms with Gasteiger partial charge in [0.05, 0.1) is 17.6 Å². The van der Waals surface area contributed by atoms with Crippen LogP contribution in [0.2, 0.25) is 0 Å². The van der Waals surface area contributed by atoms with E-state index in [1.54, 1.807) is 26.1 Å². The average Bonchev–Trinajstić information content (AvgIpc) is 2.73. The Hall–Kier alpha value is -3.62. The lowest BCUT2D eigenvalue weighted by atomic mass is 10.1. The second-order valence-electron chi connectivity index (χ2n) is 6.79. The maximum absolute atomic E-state index is 12.3. The molecular formula is C21H25N3O6. The number of nitro benzene ring substituents is 1. The number of carbonyl (C=O) groups excluding carboxylic acids is 2. The van der Waals surface area contributed by atoms with Gasteiger partial charge in [0.25, 0.3) is 11.6 Å². The van der Waals surface area contributed by atoms with Crippen LogP contribution in [0.25, 0.3) is 0 Å². The number of ether oxygens (including phenoxy) is 2. The normalized spacial score (nSPS) is 11.3. The number of hydrogen-bond acceptors (Lipinski definition) is 7. The van der Waals surface area contributed by atoms with Crippen molar-refractivity contribution in [3.8, 4) is 5.75 Å². The molecule has 0 aromatic heterocycles. The van der Waals surface area contributed by atoms with E-state index in [2.05, 4.69) is 5.32 Å². The highest BCUT2D eigenvalue weighted by Gasteiger charge is 2.22. The molecule has 9 nitrogen and oxygen atoms in total. The minimum Gasteiger partial charge on any atom is -0.497 e. The topological polar surface area (TPSA) is 111 Å². The van der Waals surface area contributed by atoms with Crippen LogP contribution in [0, 0.1) is 10.1 Å². The number of hydrogen-bond donors (Lipinski definition) is 1. The average molecular weight is 415 g/mol. The SMILES string of the molecule is COc1ccc(CCNC(=O)[C@H](C)OC(=O)c2ccc(N(C)C)c([N+](=O)[O-])c2)cc1. The first kappa shape index (κ1) is 22.7. The van der Waals surface area contributed by atoms with Crippen LogP contribution < -0.4 is 15.0 Å². The Morgan fingerprint density at radius 3 is 2.40 bits per heavy atom. The number of carbonyl (C=O) groups is 2. The minimum absolute atomic E-state index is 0.00480. The van der Waals surface area contributed by atoms with Crippen molar-refractivity contribution in [2.45, 2.75) is 19.4 Å². The first-order valence-electron chi connectivity index (χ1n) is 9.30. The van der Waals surface area contributed by atoms with Crippen LogP contribution in [0.1, 0.15) is 22.8 Å². The fraction of sp³-hybridized carbons (Fsp3) is 0.333. The van der Waals surface area contributed by atoms with Gasteiger partial charge in [0.2, 0.25) is 0 Å².